The number of hydrogen-bond acceptors (Lipinski definition) is 12. The van der Waals surface area contributed by atoms with E-state index in [1.807, 2.05) is 107 Å². The van der Waals surface area contributed by atoms with Crippen LogP contribution in [0, 0.1) is 5.41 Å². The van der Waals surface area contributed by atoms with Crippen molar-refractivity contribution in [2.24, 2.45) is 5.41 Å². The molecule has 0 aromatic heterocycles. The van der Waals surface area contributed by atoms with E-state index in [0.717, 1.165) is 44.5 Å². The van der Waals surface area contributed by atoms with Gasteiger partial charge in [0.15, 0.2) is 0 Å². The number of aryl methyl sites for hydroxylation is 4. The van der Waals surface area contributed by atoms with Gasteiger partial charge in [-0.3, -0.25) is 19.2 Å². The maximum Gasteiger partial charge on any atom is 0.306 e. The molecule has 0 aliphatic rings. The summed E-state index contributed by atoms with van der Waals surface area (Å²) in [6, 6.07) is 20.8. The van der Waals surface area contributed by atoms with Crippen molar-refractivity contribution >= 4 is 23.9 Å². The van der Waals surface area contributed by atoms with Crippen LogP contribution in [0.5, 0.6) is 23.0 Å². The highest BCUT2D eigenvalue weighted by Crippen LogP contribution is 2.35. The molecule has 0 spiro atoms. The van der Waals surface area contributed by atoms with E-state index in [1.165, 1.54) is 0 Å². The third-order valence-corrected chi connectivity index (χ3v) is 12.1. The van der Waals surface area contributed by atoms with Gasteiger partial charge in [-0.1, -0.05) is 132 Å². The standard InChI is InChI=1S/C57H76O12/c1-53(2,3)41-29-37(13-21-45(41)58)17-25-49(62)66-33-57(34-67-50(63)26-18-38-14-22-46(59)42(30-38)54(4,5)6,35-68-51(64)27-19-39-15-23-47(60)43(31-39)55(7,8)9)36-69-52(65)28-20-40-16-24-48(61)44(32-40)56(10,11)12/h13-16,21-24,29-32,58-61H,17-20,25-28,33-36H2,1-12H3. The third-order valence-electron chi connectivity index (χ3n) is 12.1. The maximum absolute atomic E-state index is 13.5. The number of ether oxygens (including phenoxy) is 4. The second-order valence-corrected chi connectivity index (χ2v) is 22.5. The zero-order chi connectivity index (χ0) is 51.5. The molecule has 0 radical (unpaired) electrons. The molecule has 376 valence electrons. The number of benzene rings is 4. The monoisotopic (exact) mass is 953 g/mol. The van der Waals surface area contributed by atoms with Crippen LogP contribution in [-0.2, 0) is 85.5 Å². The number of phenols is 4. The largest absolute Gasteiger partial charge is 0.508 e. The Bertz CT molecular complexity index is 2080. The second kappa shape index (κ2) is 23.0. The maximum atomic E-state index is 13.5. The Hall–Kier alpha value is -6.04. The topological polar surface area (TPSA) is 186 Å². The summed E-state index contributed by atoms with van der Waals surface area (Å²) in [4.78, 5) is 54.1. The van der Waals surface area contributed by atoms with Crippen molar-refractivity contribution in [2.75, 3.05) is 26.4 Å². The molecule has 69 heavy (non-hydrogen) atoms. The summed E-state index contributed by atoms with van der Waals surface area (Å²) in [5.41, 5.74) is 3.29. The minimum Gasteiger partial charge on any atom is -0.508 e. The predicted octanol–water partition coefficient (Wildman–Crippen LogP) is 10.7. The van der Waals surface area contributed by atoms with Gasteiger partial charge < -0.3 is 39.4 Å². The van der Waals surface area contributed by atoms with E-state index in [4.69, 9.17) is 18.9 Å². The summed E-state index contributed by atoms with van der Waals surface area (Å²) in [7, 11) is 0. The van der Waals surface area contributed by atoms with Crippen LogP contribution in [0.15, 0.2) is 72.8 Å². The lowest BCUT2D eigenvalue weighted by atomic mass is 9.85. The van der Waals surface area contributed by atoms with Crippen molar-refractivity contribution in [3.8, 4) is 23.0 Å². The summed E-state index contributed by atoms with van der Waals surface area (Å²) in [6.07, 6.45) is 1.02. The SMILES string of the molecule is CC(C)(C)c1cc(CCC(=O)OCC(COC(=O)CCc2ccc(O)c(C(C)(C)C)c2)(COC(=O)CCc2ccc(O)c(C(C)(C)C)c2)COC(=O)CCc2ccc(O)c(C(C)(C)C)c2)ccc1O. The van der Waals surface area contributed by atoms with Crippen molar-refractivity contribution < 1.29 is 58.6 Å². The molecule has 0 saturated heterocycles. The van der Waals surface area contributed by atoms with Gasteiger partial charge in [-0.2, -0.15) is 0 Å². The fourth-order valence-corrected chi connectivity index (χ4v) is 7.82. The number of esters is 4. The Morgan fingerprint density at radius 2 is 0.536 bits per heavy atom. The highest BCUT2D eigenvalue weighted by Gasteiger charge is 2.38. The van der Waals surface area contributed by atoms with Gasteiger partial charge in [-0.15, -0.1) is 0 Å². The first-order chi connectivity index (χ1) is 32.0. The third kappa shape index (κ3) is 17.2. The van der Waals surface area contributed by atoms with E-state index in [0.29, 0.717) is 25.7 Å². The van der Waals surface area contributed by atoms with Gasteiger partial charge in [0.25, 0.3) is 0 Å². The van der Waals surface area contributed by atoms with E-state index >= 15 is 0 Å². The summed E-state index contributed by atoms with van der Waals surface area (Å²) in [5, 5.41) is 42.0. The first kappa shape index (κ1) is 55.6. The smallest absolute Gasteiger partial charge is 0.306 e. The van der Waals surface area contributed by atoms with Gasteiger partial charge in [0.05, 0.1) is 0 Å². The molecule has 0 unspecified atom stereocenters. The van der Waals surface area contributed by atoms with Crippen molar-refractivity contribution in [3.63, 3.8) is 0 Å². The highest BCUT2D eigenvalue weighted by atomic mass is 16.6. The van der Waals surface area contributed by atoms with Crippen molar-refractivity contribution in [2.45, 2.75) is 156 Å². The predicted molar refractivity (Wildman–Crippen MR) is 267 cm³/mol. The van der Waals surface area contributed by atoms with Crippen LogP contribution in [0.3, 0.4) is 0 Å². The Kier molecular flexibility index (Phi) is 18.6. The minimum atomic E-state index is -1.53. The number of carbonyl (C=O) groups excluding carboxylic acids is 4. The average molecular weight is 953 g/mol. The lowest BCUT2D eigenvalue weighted by Crippen LogP contribution is -2.44. The number of rotatable bonds is 20. The number of aromatic hydroxyl groups is 4. The number of phenolic OH excluding ortho intramolecular Hbond substituents is 4. The van der Waals surface area contributed by atoms with Gasteiger partial charge in [-0.25, -0.2) is 0 Å². The fourth-order valence-electron chi connectivity index (χ4n) is 7.82. The lowest BCUT2D eigenvalue weighted by molar-refractivity contribution is -0.170. The zero-order valence-corrected chi connectivity index (χ0v) is 43.0. The molecule has 0 amide bonds. The molecule has 4 aromatic carbocycles. The van der Waals surface area contributed by atoms with Crippen LogP contribution in [0.2, 0.25) is 0 Å². The summed E-state index contributed by atoms with van der Waals surface area (Å²) >= 11 is 0. The quantitative estimate of drug-likeness (QED) is 0.0486. The molecule has 0 fully saturated rings. The van der Waals surface area contributed by atoms with Crippen LogP contribution in [0.1, 0.15) is 153 Å². The van der Waals surface area contributed by atoms with Gasteiger partial charge >= 0.3 is 23.9 Å². The Morgan fingerprint density at radius 3 is 0.710 bits per heavy atom. The molecule has 12 heteroatoms. The number of hydrogen-bond donors (Lipinski definition) is 4. The summed E-state index contributed by atoms with van der Waals surface area (Å²) < 4.78 is 23.5. The first-order valence-corrected chi connectivity index (χ1v) is 23.9. The van der Waals surface area contributed by atoms with E-state index in [2.05, 4.69) is 0 Å². The minimum absolute atomic E-state index is 0.0423. The Labute approximate surface area is 409 Å². The molecule has 12 nitrogen and oxygen atoms in total. The van der Waals surface area contributed by atoms with E-state index in [1.54, 1.807) is 48.5 Å². The zero-order valence-electron chi connectivity index (χ0n) is 43.0. The molecule has 0 saturated carbocycles. The molecular weight excluding hydrogens is 877 g/mol. The first-order valence-electron chi connectivity index (χ1n) is 23.9. The highest BCUT2D eigenvalue weighted by molar-refractivity contribution is 5.72. The average Bonchev–Trinajstić information content (AvgIpc) is 3.25. The summed E-state index contributed by atoms with van der Waals surface area (Å²) in [6.45, 7) is 22.0. The molecule has 0 atom stereocenters. The van der Waals surface area contributed by atoms with Crippen LogP contribution in [0.25, 0.3) is 0 Å². The number of carbonyl (C=O) groups is 4. The van der Waals surface area contributed by atoms with E-state index in [9.17, 15) is 39.6 Å². The molecule has 0 aliphatic heterocycles. The molecule has 4 N–H and O–H groups in total. The normalized spacial score (nSPS) is 12.3. The van der Waals surface area contributed by atoms with Crippen LogP contribution >= 0.6 is 0 Å². The van der Waals surface area contributed by atoms with Gasteiger partial charge in [0.1, 0.15) is 54.8 Å². The van der Waals surface area contributed by atoms with Crippen LogP contribution < -0.4 is 0 Å². The van der Waals surface area contributed by atoms with Crippen LogP contribution in [0.4, 0.5) is 0 Å². The molecule has 4 aromatic rings. The van der Waals surface area contributed by atoms with Gasteiger partial charge in [0.2, 0.25) is 0 Å². The lowest BCUT2D eigenvalue weighted by Gasteiger charge is -2.31. The molecule has 4 rings (SSSR count). The fraction of sp³-hybridized carbons (Fsp3) is 0.509. The molecule has 0 bridgehead atoms. The molecular formula is C57H76O12. The van der Waals surface area contributed by atoms with Crippen LogP contribution in [-0.4, -0.2) is 70.7 Å². The van der Waals surface area contributed by atoms with E-state index < -0.39 is 55.7 Å². The Balaban J connectivity index is 1.59. The van der Waals surface area contributed by atoms with Crippen molar-refractivity contribution in [1.29, 1.82) is 0 Å². The van der Waals surface area contributed by atoms with Crippen molar-refractivity contribution in [1.82, 2.24) is 0 Å². The molecule has 0 aliphatic carbocycles. The van der Waals surface area contributed by atoms with Gasteiger partial charge in [0, 0.05) is 25.7 Å². The van der Waals surface area contributed by atoms with Crippen molar-refractivity contribution in [3.05, 3.63) is 117 Å². The van der Waals surface area contributed by atoms with Gasteiger partial charge in [-0.05, 0) is 116 Å². The molecule has 0 heterocycles. The second-order valence-electron chi connectivity index (χ2n) is 22.5. The van der Waals surface area contributed by atoms with E-state index in [-0.39, 0.29) is 70.3 Å². The Morgan fingerprint density at radius 1 is 0.348 bits per heavy atom. The summed E-state index contributed by atoms with van der Waals surface area (Å²) in [5.74, 6) is -1.76.